The lowest BCUT2D eigenvalue weighted by atomic mass is 10.0. The molecule has 0 spiro atoms. The van der Waals surface area contributed by atoms with E-state index in [0.717, 1.165) is 18.4 Å². The molecule has 2 aliphatic rings. The van der Waals surface area contributed by atoms with E-state index in [1.54, 1.807) is 14.1 Å². The van der Waals surface area contributed by atoms with Gasteiger partial charge >= 0.3 is 0 Å². The van der Waals surface area contributed by atoms with Gasteiger partial charge in [-0.2, -0.15) is 0 Å². The van der Waals surface area contributed by atoms with E-state index in [2.05, 4.69) is 29.5 Å². The third kappa shape index (κ3) is 5.50. The molecule has 3 atom stereocenters. The third-order valence-electron chi connectivity index (χ3n) is 7.38. The first-order chi connectivity index (χ1) is 17.5. The molecule has 2 N–H and O–H groups in total. The zero-order valence-corrected chi connectivity index (χ0v) is 22.1. The number of carbonyl (C=O) groups excluding carboxylic acids is 4. The molecule has 1 saturated carbocycles. The predicted molar refractivity (Wildman–Crippen MR) is 139 cm³/mol. The van der Waals surface area contributed by atoms with Crippen molar-refractivity contribution in [3.63, 3.8) is 0 Å². The Labute approximate surface area is 217 Å². The quantitative estimate of drug-likeness (QED) is 0.601. The second-order valence-corrected chi connectivity index (χ2v) is 10.5. The van der Waals surface area contributed by atoms with E-state index in [4.69, 9.17) is 0 Å². The minimum atomic E-state index is -0.981. The van der Waals surface area contributed by atoms with Crippen molar-refractivity contribution in [1.82, 2.24) is 25.4 Å². The maximum atomic E-state index is 13.1. The maximum Gasteiger partial charge on any atom is 0.254 e. The number of likely N-dealkylation sites (tertiary alicyclic amines) is 1. The van der Waals surface area contributed by atoms with Gasteiger partial charge in [0.25, 0.3) is 17.7 Å². The summed E-state index contributed by atoms with van der Waals surface area (Å²) in [7, 11) is 3.25. The van der Waals surface area contributed by atoms with Crippen LogP contribution in [0.2, 0.25) is 0 Å². The van der Waals surface area contributed by atoms with Crippen molar-refractivity contribution in [3.05, 3.63) is 65.0 Å². The highest BCUT2D eigenvalue weighted by atomic mass is 16.2. The SMILES string of the molecule is CC1CCC(C)N1C(=O)c1ccc([C@@H](C)NC(=O)C2(NC(=O)c3cncc(C(=O)N(C)C)c3)CC2)cc1. The summed E-state index contributed by atoms with van der Waals surface area (Å²) >= 11 is 0. The molecular weight excluding hydrogens is 470 g/mol. The summed E-state index contributed by atoms with van der Waals surface area (Å²) in [5, 5.41) is 5.83. The van der Waals surface area contributed by atoms with Gasteiger partial charge in [0.05, 0.1) is 17.2 Å². The summed E-state index contributed by atoms with van der Waals surface area (Å²) in [5.74, 6) is -0.936. The van der Waals surface area contributed by atoms with Gasteiger partial charge in [-0.05, 0) is 70.2 Å². The van der Waals surface area contributed by atoms with Gasteiger partial charge in [0.2, 0.25) is 5.91 Å². The Balaban J connectivity index is 1.38. The molecule has 37 heavy (non-hydrogen) atoms. The van der Waals surface area contributed by atoms with Crippen molar-refractivity contribution >= 4 is 23.6 Å². The topological polar surface area (TPSA) is 112 Å². The fourth-order valence-corrected chi connectivity index (χ4v) is 4.84. The first kappa shape index (κ1) is 26.3. The molecule has 196 valence electrons. The Kier molecular flexibility index (Phi) is 7.34. The Morgan fingerprint density at radius 1 is 0.973 bits per heavy atom. The first-order valence-electron chi connectivity index (χ1n) is 12.8. The van der Waals surface area contributed by atoms with Crippen LogP contribution in [-0.4, -0.2) is 70.1 Å². The summed E-state index contributed by atoms with van der Waals surface area (Å²) in [6, 6.07) is 8.98. The van der Waals surface area contributed by atoms with E-state index in [-0.39, 0.29) is 41.4 Å². The van der Waals surface area contributed by atoms with Gasteiger partial charge in [0.1, 0.15) is 5.54 Å². The van der Waals surface area contributed by atoms with Gasteiger partial charge in [-0.15, -0.1) is 0 Å². The molecule has 4 rings (SSSR count). The smallest absolute Gasteiger partial charge is 0.254 e. The Bertz CT molecular complexity index is 1200. The molecule has 2 unspecified atom stereocenters. The lowest BCUT2D eigenvalue weighted by molar-refractivity contribution is -0.124. The number of aromatic nitrogens is 1. The van der Waals surface area contributed by atoms with E-state index >= 15 is 0 Å². The number of nitrogens with one attached hydrogen (secondary N) is 2. The van der Waals surface area contributed by atoms with E-state index in [1.165, 1.54) is 23.4 Å². The van der Waals surface area contributed by atoms with Crippen LogP contribution < -0.4 is 10.6 Å². The molecule has 0 bridgehead atoms. The molecule has 1 aliphatic carbocycles. The van der Waals surface area contributed by atoms with Gasteiger partial charge in [0, 0.05) is 44.1 Å². The molecule has 1 saturated heterocycles. The largest absolute Gasteiger partial charge is 0.348 e. The number of nitrogens with zero attached hydrogens (tertiary/aromatic N) is 3. The van der Waals surface area contributed by atoms with Crippen LogP contribution in [-0.2, 0) is 4.79 Å². The van der Waals surface area contributed by atoms with E-state index in [1.807, 2.05) is 36.1 Å². The highest BCUT2D eigenvalue weighted by Gasteiger charge is 2.51. The molecule has 2 aromatic rings. The van der Waals surface area contributed by atoms with Crippen molar-refractivity contribution in [1.29, 1.82) is 0 Å². The van der Waals surface area contributed by atoms with Gasteiger partial charge in [0.15, 0.2) is 0 Å². The van der Waals surface area contributed by atoms with Crippen molar-refractivity contribution in [2.75, 3.05) is 14.1 Å². The van der Waals surface area contributed by atoms with Crippen molar-refractivity contribution in [2.45, 2.75) is 70.1 Å². The number of hydrogen-bond acceptors (Lipinski definition) is 5. The molecule has 9 nitrogen and oxygen atoms in total. The first-order valence-corrected chi connectivity index (χ1v) is 12.8. The van der Waals surface area contributed by atoms with Crippen molar-refractivity contribution in [3.8, 4) is 0 Å². The minimum Gasteiger partial charge on any atom is -0.348 e. The second kappa shape index (κ2) is 10.3. The Morgan fingerprint density at radius 2 is 1.57 bits per heavy atom. The number of amides is 4. The van der Waals surface area contributed by atoms with Crippen LogP contribution in [0, 0.1) is 0 Å². The van der Waals surface area contributed by atoms with Crippen LogP contribution >= 0.6 is 0 Å². The third-order valence-corrected chi connectivity index (χ3v) is 7.38. The van der Waals surface area contributed by atoms with Crippen LogP contribution in [0.5, 0.6) is 0 Å². The van der Waals surface area contributed by atoms with Crippen molar-refractivity contribution < 1.29 is 19.2 Å². The zero-order chi connectivity index (χ0) is 26.9. The Morgan fingerprint density at radius 3 is 2.14 bits per heavy atom. The summed E-state index contributed by atoms with van der Waals surface area (Å²) in [6.45, 7) is 6.03. The predicted octanol–water partition coefficient (Wildman–Crippen LogP) is 2.94. The highest BCUT2D eigenvalue weighted by molar-refractivity contribution is 6.02. The molecule has 1 aromatic heterocycles. The summed E-state index contributed by atoms with van der Waals surface area (Å²) in [6.07, 6.45) is 5.88. The summed E-state index contributed by atoms with van der Waals surface area (Å²) < 4.78 is 0. The van der Waals surface area contributed by atoms with Crippen LogP contribution in [0.15, 0.2) is 42.7 Å². The van der Waals surface area contributed by atoms with Gasteiger partial charge in [-0.3, -0.25) is 24.2 Å². The minimum absolute atomic E-state index is 0.0335. The average molecular weight is 506 g/mol. The highest BCUT2D eigenvalue weighted by Crippen LogP contribution is 2.36. The fraction of sp³-hybridized carbons (Fsp3) is 0.464. The van der Waals surface area contributed by atoms with Crippen LogP contribution in [0.25, 0.3) is 0 Å². The number of rotatable bonds is 7. The maximum absolute atomic E-state index is 13.1. The average Bonchev–Trinajstić information content (AvgIpc) is 3.59. The number of benzene rings is 1. The van der Waals surface area contributed by atoms with Gasteiger partial charge in [-0.25, -0.2) is 0 Å². The number of hydrogen-bond donors (Lipinski definition) is 2. The van der Waals surface area contributed by atoms with Crippen LogP contribution in [0.1, 0.15) is 89.1 Å². The number of pyridine rings is 1. The molecule has 4 amide bonds. The molecule has 9 heteroatoms. The molecule has 0 radical (unpaired) electrons. The van der Waals surface area contributed by atoms with E-state index < -0.39 is 11.4 Å². The standard InChI is InChI=1S/C28H35N5O4/c1-17-6-7-18(2)33(17)26(36)21-10-8-20(9-11-21)19(3)30-27(37)28(12-13-28)31-24(34)22-14-23(16-29-15-22)25(35)32(4)5/h8-11,14-19H,6-7,12-13H2,1-5H3,(H,30,37)(H,31,34)/t17?,18?,19-/m1/s1. The zero-order valence-electron chi connectivity index (χ0n) is 22.1. The lowest BCUT2D eigenvalue weighted by Crippen LogP contribution is -2.49. The van der Waals surface area contributed by atoms with Crippen LogP contribution in [0.3, 0.4) is 0 Å². The fourth-order valence-electron chi connectivity index (χ4n) is 4.84. The molecule has 2 fully saturated rings. The van der Waals surface area contributed by atoms with E-state index in [9.17, 15) is 19.2 Å². The molecule has 1 aromatic carbocycles. The number of carbonyl (C=O) groups is 4. The van der Waals surface area contributed by atoms with Crippen LogP contribution in [0.4, 0.5) is 0 Å². The second-order valence-electron chi connectivity index (χ2n) is 10.5. The monoisotopic (exact) mass is 505 g/mol. The molecule has 1 aliphatic heterocycles. The summed E-state index contributed by atoms with van der Waals surface area (Å²) in [5.41, 5.74) is 1.05. The normalized spacial score (nSPS) is 20.6. The Hall–Kier alpha value is -3.75. The molecule has 2 heterocycles. The van der Waals surface area contributed by atoms with Gasteiger partial charge < -0.3 is 20.4 Å². The van der Waals surface area contributed by atoms with Gasteiger partial charge in [-0.1, -0.05) is 12.1 Å². The summed E-state index contributed by atoms with van der Waals surface area (Å²) in [4.78, 5) is 58.5. The van der Waals surface area contributed by atoms with Crippen molar-refractivity contribution in [2.24, 2.45) is 0 Å². The van der Waals surface area contributed by atoms with E-state index in [0.29, 0.717) is 24.0 Å². The molecular formula is C28H35N5O4. The lowest BCUT2D eigenvalue weighted by Gasteiger charge is -2.26.